The minimum absolute atomic E-state index is 0.0373. The predicted molar refractivity (Wildman–Crippen MR) is 65.7 cm³/mol. The Hall–Kier alpha value is -2.97. The van der Waals surface area contributed by atoms with E-state index in [2.05, 4.69) is 25.8 Å². The Bertz CT molecular complexity index is 723. The van der Waals surface area contributed by atoms with Crippen molar-refractivity contribution in [2.24, 2.45) is 7.05 Å². The second-order valence-electron chi connectivity index (χ2n) is 4.04. The van der Waals surface area contributed by atoms with E-state index < -0.39 is 5.91 Å². The summed E-state index contributed by atoms with van der Waals surface area (Å²) in [5.74, 6) is 0.0307. The number of aromatic nitrogens is 5. The van der Waals surface area contributed by atoms with Crippen LogP contribution in [0.15, 0.2) is 27.3 Å². The van der Waals surface area contributed by atoms with E-state index in [9.17, 15) is 4.79 Å². The highest BCUT2D eigenvalue weighted by molar-refractivity contribution is 6.01. The van der Waals surface area contributed by atoms with E-state index in [4.69, 9.17) is 8.94 Å². The van der Waals surface area contributed by atoms with Gasteiger partial charge >= 0.3 is 6.01 Å². The number of carbonyl (C=O) groups is 1. The van der Waals surface area contributed by atoms with Gasteiger partial charge in [0.05, 0.1) is 6.20 Å². The second-order valence-corrected chi connectivity index (χ2v) is 4.04. The molecule has 0 saturated heterocycles. The average Bonchev–Trinajstić information content (AvgIpc) is 3.11. The van der Waals surface area contributed by atoms with E-state index in [1.165, 1.54) is 6.20 Å². The summed E-state index contributed by atoms with van der Waals surface area (Å²) in [6.07, 6.45) is 1.45. The quantitative estimate of drug-likeness (QED) is 0.758. The molecule has 0 aliphatic rings. The number of anilines is 1. The van der Waals surface area contributed by atoms with Crippen molar-refractivity contribution >= 4 is 11.9 Å². The second kappa shape index (κ2) is 4.61. The molecular weight excluding hydrogens is 264 g/mol. The van der Waals surface area contributed by atoms with Crippen molar-refractivity contribution in [1.82, 2.24) is 25.1 Å². The number of nitrogens with one attached hydrogen (secondary N) is 1. The van der Waals surface area contributed by atoms with Gasteiger partial charge in [-0.2, -0.15) is 5.10 Å². The van der Waals surface area contributed by atoms with Crippen LogP contribution in [0.3, 0.4) is 0 Å². The molecule has 0 fully saturated rings. The molecule has 9 heteroatoms. The van der Waals surface area contributed by atoms with Crippen LogP contribution in [0.5, 0.6) is 0 Å². The molecule has 0 bridgehead atoms. The Morgan fingerprint density at radius 1 is 1.40 bits per heavy atom. The lowest BCUT2D eigenvalue weighted by molar-refractivity contribution is 0.101. The minimum atomic E-state index is -0.429. The van der Waals surface area contributed by atoms with Crippen molar-refractivity contribution in [3.63, 3.8) is 0 Å². The Morgan fingerprint density at radius 3 is 2.90 bits per heavy atom. The molecule has 9 nitrogen and oxygen atoms in total. The highest BCUT2D eigenvalue weighted by Gasteiger charge is 2.16. The molecule has 3 aromatic rings. The molecule has 0 atom stereocenters. The maximum Gasteiger partial charge on any atom is 0.322 e. The molecule has 0 saturated carbocycles. The number of hydrogen-bond donors (Lipinski definition) is 1. The highest BCUT2D eigenvalue weighted by Crippen LogP contribution is 2.19. The first-order valence-corrected chi connectivity index (χ1v) is 5.70. The van der Waals surface area contributed by atoms with Crippen LogP contribution in [0, 0.1) is 6.92 Å². The van der Waals surface area contributed by atoms with E-state index in [1.54, 1.807) is 23.9 Å². The summed E-state index contributed by atoms with van der Waals surface area (Å²) in [6, 6.07) is 3.19. The summed E-state index contributed by atoms with van der Waals surface area (Å²) >= 11 is 0. The van der Waals surface area contributed by atoms with Gasteiger partial charge in [-0.15, -0.1) is 5.10 Å². The van der Waals surface area contributed by atoms with E-state index in [0.29, 0.717) is 5.76 Å². The first kappa shape index (κ1) is 12.1. The first-order valence-electron chi connectivity index (χ1n) is 5.70. The van der Waals surface area contributed by atoms with Gasteiger partial charge in [0.1, 0.15) is 0 Å². The zero-order chi connectivity index (χ0) is 14.1. The normalized spacial score (nSPS) is 10.7. The molecule has 0 unspecified atom stereocenters. The summed E-state index contributed by atoms with van der Waals surface area (Å²) < 4.78 is 11.7. The lowest BCUT2D eigenvalue weighted by Crippen LogP contribution is -2.13. The van der Waals surface area contributed by atoms with Gasteiger partial charge < -0.3 is 8.94 Å². The largest absolute Gasteiger partial charge is 0.400 e. The monoisotopic (exact) mass is 274 g/mol. The van der Waals surface area contributed by atoms with Crippen molar-refractivity contribution < 1.29 is 13.7 Å². The molecule has 3 heterocycles. The summed E-state index contributed by atoms with van der Waals surface area (Å²) in [4.78, 5) is 11.9. The Labute approximate surface area is 112 Å². The van der Waals surface area contributed by atoms with Gasteiger partial charge in [0.25, 0.3) is 11.8 Å². The fourth-order valence-corrected chi connectivity index (χ4v) is 1.53. The zero-order valence-electron chi connectivity index (χ0n) is 10.7. The van der Waals surface area contributed by atoms with Crippen molar-refractivity contribution in [3.05, 3.63) is 29.7 Å². The fourth-order valence-electron chi connectivity index (χ4n) is 1.53. The minimum Gasteiger partial charge on any atom is -0.400 e. The third-order valence-electron chi connectivity index (χ3n) is 2.64. The van der Waals surface area contributed by atoms with E-state index in [-0.39, 0.29) is 17.6 Å². The van der Waals surface area contributed by atoms with E-state index in [0.717, 1.165) is 5.69 Å². The molecule has 1 amide bonds. The van der Waals surface area contributed by atoms with Crippen LogP contribution in [0.1, 0.15) is 16.2 Å². The predicted octanol–water partition coefficient (Wildman–Crippen LogP) is 1.02. The number of carbonyl (C=O) groups excluding carboxylic acids is 1. The molecule has 0 aromatic carbocycles. The van der Waals surface area contributed by atoms with Crippen LogP contribution in [0.25, 0.3) is 11.7 Å². The molecule has 1 N–H and O–H groups in total. The summed E-state index contributed by atoms with van der Waals surface area (Å²) in [5.41, 5.74) is 1.13. The van der Waals surface area contributed by atoms with Crippen LogP contribution in [-0.4, -0.2) is 31.0 Å². The molecule has 3 rings (SSSR count). The van der Waals surface area contributed by atoms with Gasteiger partial charge in [-0.05, 0) is 13.0 Å². The number of amides is 1. The van der Waals surface area contributed by atoms with Gasteiger partial charge in [0.15, 0.2) is 5.69 Å². The first-order chi connectivity index (χ1) is 9.63. The van der Waals surface area contributed by atoms with E-state index in [1.807, 2.05) is 6.92 Å². The Balaban J connectivity index is 1.76. The Morgan fingerprint density at radius 2 is 2.25 bits per heavy atom. The highest BCUT2D eigenvalue weighted by atomic mass is 16.5. The molecule has 102 valence electrons. The zero-order valence-corrected chi connectivity index (χ0v) is 10.7. The van der Waals surface area contributed by atoms with Crippen LogP contribution in [0.2, 0.25) is 0 Å². The molecule has 0 radical (unpaired) electrons. The van der Waals surface area contributed by atoms with Gasteiger partial charge in [0, 0.05) is 18.8 Å². The van der Waals surface area contributed by atoms with Gasteiger partial charge in [-0.1, -0.05) is 10.3 Å². The topological polar surface area (TPSA) is 112 Å². The number of aryl methyl sites for hydroxylation is 2. The third kappa shape index (κ3) is 2.16. The van der Waals surface area contributed by atoms with Crippen molar-refractivity contribution in [2.45, 2.75) is 6.92 Å². The number of nitrogens with zero attached hydrogens (tertiary/aromatic N) is 5. The van der Waals surface area contributed by atoms with Crippen LogP contribution in [0.4, 0.5) is 6.01 Å². The molecule has 20 heavy (non-hydrogen) atoms. The van der Waals surface area contributed by atoms with Crippen molar-refractivity contribution in [3.8, 4) is 11.7 Å². The third-order valence-corrected chi connectivity index (χ3v) is 2.64. The molecule has 0 spiro atoms. The summed E-state index contributed by atoms with van der Waals surface area (Å²) in [6.45, 7) is 1.85. The number of hydrogen-bond acceptors (Lipinski definition) is 7. The molecular formula is C11H10N6O3. The van der Waals surface area contributed by atoms with Gasteiger partial charge in [-0.25, -0.2) is 0 Å². The number of rotatable bonds is 3. The van der Waals surface area contributed by atoms with Crippen molar-refractivity contribution in [2.75, 3.05) is 5.32 Å². The smallest absolute Gasteiger partial charge is 0.322 e. The van der Waals surface area contributed by atoms with Gasteiger partial charge in [-0.3, -0.25) is 14.8 Å². The van der Waals surface area contributed by atoms with Crippen LogP contribution < -0.4 is 5.32 Å². The standard InChI is InChI=1S/C11H10N6O3/c1-6-5-7(16-17(6)2)9(18)13-11-15-14-10(19-11)8-3-4-12-20-8/h3-5H,1-2H3,(H,13,15,18). The van der Waals surface area contributed by atoms with Gasteiger partial charge in [0.2, 0.25) is 5.76 Å². The Kier molecular flexibility index (Phi) is 2.78. The van der Waals surface area contributed by atoms with Crippen LogP contribution >= 0.6 is 0 Å². The lowest BCUT2D eigenvalue weighted by atomic mass is 10.3. The fraction of sp³-hybridized carbons (Fsp3) is 0.182. The maximum atomic E-state index is 11.9. The molecule has 0 aliphatic carbocycles. The summed E-state index contributed by atoms with van der Waals surface area (Å²) in [7, 11) is 1.75. The van der Waals surface area contributed by atoms with E-state index >= 15 is 0 Å². The molecule has 3 aromatic heterocycles. The SMILES string of the molecule is Cc1cc(C(=O)Nc2nnc(-c3ccno3)o2)nn1C. The van der Waals surface area contributed by atoms with Crippen molar-refractivity contribution in [1.29, 1.82) is 0 Å². The van der Waals surface area contributed by atoms with Crippen LogP contribution in [-0.2, 0) is 7.05 Å². The average molecular weight is 274 g/mol. The summed E-state index contributed by atoms with van der Waals surface area (Å²) in [5, 5.41) is 17.5. The molecule has 0 aliphatic heterocycles. The lowest BCUT2D eigenvalue weighted by Gasteiger charge is -1.95. The maximum absolute atomic E-state index is 11.9.